The van der Waals surface area contributed by atoms with Gasteiger partial charge in [-0.1, -0.05) is 12.2 Å². The number of carbonyl (C=O) groups excluding carboxylic acids is 3. The van der Waals surface area contributed by atoms with Gasteiger partial charge in [-0.3, -0.25) is 14.4 Å². The van der Waals surface area contributed by atoms with Gasteiger partial charge in [-0.25, -0.2) is 8.42 Å². The van der Waals surface area contributed by atoms with Gasteiger partial charge >= 0.3 is 5.97 Å². The van der Waals surface area contributed by atoms with E-state index in [1.807, 2.05) is 0 Å². The molecule has 0 atom stereocenters. The second kappa shape index (κ2) is 11.0. The largest absolute Gasteiger partial charge is 0.455 e. The highest BCUT2D eigenvalue weighted by Gasteiger charge is 2.18. The fourth-order valence-electron chi connectivity index (χ4n) is 2.03. The van der Waals surface area contributed by atoms with Crippen LogP contribution in [0.5, 0.6) is 0 Å². The Labute approximate surface area is 164 Å². The average molecular weight is 409 g/mol. The van der Waals surface area contributed by atoms with Gasteiger partial charge in [-0.05, 0) is 24.3 Å². The summed E-state index contributed by atoms with van der Waals surface area (Å²) in [6, 6.07) is 5.40. The van der Waals surface area contributed by atoms with E-state index in [4.69, 9.17) is 4.74 Å². The number of sulfonamides is 1. The van der Waals surface area contributed by atoms with Crippen LogP contribution in [0.25, 0.3) is 0 Å². The van der Waals surface area contributed by atoms with Gasteiger partial charge in [0, 0.05) is 25.7 Å². The molecule has 2 amide bonds. The molecule has 28 heavy (non-hydrogen) atoms. The van der Waals surface area contributed by atoms with E-state index in [9.17, 15) is 22.8 Å². The van der Waals surface area contributed by atoms with E-state index < -0.39 is 35.1 Å². The molecule has 1 rings (SSSR count). The summed E-state index contributed by atoms with van der Waals surface area (Å²) in [6.07, 6.45) is 3.04. The molecule has 0 spiro atoms. The summed E-state index contributed by atoms with van der Waals surface area (Å²) >= 11 is 0. The third-order valence-electron chi connectivity index (χ3n) is 3.30. The van der Waals surface area contributed by atoms with E-state index in [2.05, 4.69) is 23.2 Å². The standard InChI is InChI=1S/C18H23N3O6S/c1-4-10-21(11-5-2)17(23)13-27-18(24)12-19-28(25,26)16-8-6-15(7-9-16)20-14(3)22/h4-9,19H,1-2,10-13H2,3H3,(H,20,22). The molecule has 0 radical (unpaired) electrons. The lowest BCUT2D eigenvalue weighted by Gasteiger charge is -2.18. The van der Waals surface area contributed by atoms with Crippen molar-refractivity contribution >= 4 is 33.5 Å². The van der Waals surface area contributed by atoms with Crippen LogP contribution in [-0.4, -0.2) is 57.3 Å². The highest BCUT2D eigenvalue weighted by atomic mass is 32.2. The molecule has 9 nitrogen and oxygen atoms in total. The van der Waals surface area contributed by atoms with Crippen molar-refractivity contribution in [2.45, 2.75) is 11.8 Å². The first-order valence-electron chi connectivity index (χ1n) is 8.22. The second-order valence-electron chi connectivity index (χ2n) is 5.57. The van der Waals surface area contributed by atoms with E-state index in [-0.39, 0.29) is 23.9 Å². The predicted octanol–water partition coefficient (Wildman–Crippen LogP) is 0.667. The lowest BCUT2D eigenvalue weighted by molar-refractivity contribution is -0.150. The average Bonchev–Trinajstić information content (AvgIpc) is 2.64. The number of anilines is 1. The summed E-state index contributed by atoms with van der Waals surface area (Å²) in [4.78, 5) is 35.9. The first-order valence-corrected chi connectivity index (χ1v) is 9.70. The van der Waals surface area contributed by atoms with Crippen LogP contribution in [0.1, 0.15) is 6.92 Å². The van der Waals surface area contributed by atoms with Crippen LogP contribution in [0.15, 0.2) is 54.5 Å². The van der Waals surface area contributed by atoms with Crippen molar-refractivity contribution in [2.24, 2.45) is 0 Å². The van der Waals surface area contributed by atoms with Crippen molar-refractivity contribution in [1.29, 1.82) is 0 Å². The summed E-state index contributed by atoms with van der Waals surface area (Å²) in [5.74, 6) is -1.64. The number of hydrogen-bond donors (Lipinski definition) is 2. The number of esters is 1. The van der Waals surface area contributed by atoms with Crippen LogP contribution in [0.3, 0.4) is 0 Å². The maximum atomic E-state index is 12.2. The second-order valence-corrected chi connectivity index (χ2v) is 7.33. The molecule has 152 valence electrons. The Morgan fingerprint density at radius 3 is 2.18 bits per heavy atom. The zero-order chi connectivity index (χ0) is 21.2. The van der Waals surface area contributed by atoms with Gasteiger partial charge in [0.15, 0.2) is 6.61 Å². The fraction of sp³-hybridized carbons (Fsp3) is 0.278. The first-order chi connectivity index (χ1) is 13.2. The number of amides is 2. The molecule has 0 saturated carbocycles. The normalized spacial score (nSPS) is 10.6. The minimum absolute atomic E-state index is 0.0892. The lowest BCUT2D eigenvalue weighted by Crippen LogP contribution is -2.37. The fourth-order valence-corrected chi connectivity index (χ4v) is 3.00. The number of hydrogen-bond acceptors (Lipinski definition) is 6. The van der Waals surface area contributed by atoms with Crippen LogP contribution >= 0.6 is 0 Å². The predicted molar refractivity (Wildman–Crippen MR) is 104 cm³/mol. The summed E-state index contributed by atoms with van der Waals surface area (Å²) in [7, 11) is -3.96. The maximum Gasteiger partial charge on any atom is 0.321 e. The van der Waals surface area contributed by atoms with E-state index in [0.717, 1.165) is 0 Å². The topological polar surface area (TPSA) is 122 Å². The molecule has 1 aromatic carbocycles. The Morgan fingerprint density at radius 2 is 1.68 bits per heavy atom. The third kappa shape index (κ3) is 7.72. The SMILES string of the molecule is C=CCN(CC=C)C(=O)COC(=O)CNS(=O)(=O)c1ccc(NC(C)=O)cc1. The molecule has 0 aliphatic heterocycles. The Morgan fingerprint density at radius 1 is 1.11 bits per heavy atom. The lowest BCUT2D eigenvalue weighted by atomic mass is 10.3. The molecule has 10 heteroatoms. The van der Waals surface area contributed by atoms with Crippen molar-refractivity contribution in [1.82, 2.24) is 9.62 Å². The molecular weight excluding hydrogens is 386 g/mol. The summed E-state index contributed by atoms with van der Waals surface area (Å²) in [5.41, 5.74) is 0.438. The van der Waals surface area contributed by atoms with Crippen molar-refractivity contribution in [3.8, 4) is 0 Å². The number of nitrogens with zero attached hydrogens (tertiary/aromatic N) is 1. The minimum atomic E-state index is -3.96. The highest BCUT2D eigenvalue weighted by molar-refractivity contribution is 7.89. The van der Waals surface area contributed by atoms with Crippen LogP contribution < -0.4 is 10.0 Å². The maximum absolute atomic E-state index is 12.2. The Bertz CT molecular complexity index is 823. The van der Waals surface area contributed by atoms with Gasteiger partial charge in [0.2, 0.25) is 15.9 Å². The number of benzene rings is 1. The van der Waals surface area contributed by atoms with Gasteiger partial charge in [0.25, 0.3) is 5.91 Å². The first kappa shape index (κ1) is 23.1. The molecule has 0 bridgehead atoms. The van der Waals surface area contributed by atoms with E-state index in [0.29, 0.717) is 5.69 Å². The van der Waals surface area contributed by atoms with Crippen molar-refractivity contribution in [3.63, 3.8) is 0 Å². The molecule has 0 aliphatic carbocycles. The highest BCUT2D eigenvalue weighted by Crippen LogP contribution is 2.13. The molecule has 0 saturated heterocycles. The smallest absolute Gasteiger partial charge is 0.321 e. The monoisotopic (exact) mass is 409 g/mol. The van der Waals surface area contributed by atoms with Crippen LogP contribution in [0.2, 0.25) is 0 Å². The van der Waals surface area contributed by atoms with Crippen LogP contribution in [0.4, 0.5) is 5.69 Å². The molecule has 0 aromatic heterocycles. The number of rotatable bonds is 11. The molecule has 1 aromatic rings. The summed E-state index contributed by atoms with van der Waals surface area (Å²) in [5, 5.41) is 2.51. The van der Waals surface area contributed by atoms with Gasteiger partial charge in [-0.15, -0.1) is 13.2 Å². The molecule has 0 aliphatic rings. The summed E-state index contributed by atoms with van der Waals surface area (Å²) in [6.45, 7) is 7.78. The van der Waals surface area contributed by atoms with Gasteiger partial charge < -0.3 is 15.0 Å². The van der Waals surface area contributed by atoms with Gasteiger partial charge in [-0.2, -0.15) is 4.72 Å². The number of ether oxygens (including phenoxy) is 1. The molecule has 0 heterocycles. The van der Waals surface area contributed by atoms with Gasteiger partial charge in [0.05, 0.1) is 4.90 Å². The van der Waals surface area contributed by atoms with Crippen molar-refractivity contribution < 1.29 is 27.5 Å². The zero-order valence-corrected chi connectivity index (χ0v) is 16.3. The van der Waals surface area contributed by atoms with Crippen molar-refractivity contribution in [2.75, 3.05) is 31.6 Å². The van der Waals surface area contributed by atoms with Crippen LogP contribution in [0, 0.1) is 0 Å². The zero-order valence-electron chi connectivity index (χ0n) is 15.5. The quantitative estimate of drug-likeness (QED) is 0.409. The number of carbonyl (C=O) groups is 3. The Balaban J connectivity index is 2.56. The van der Waals surface area contributed by atoms with Crippen LogP contribution in [-0.2, 0) is 29.1 Å². The molecule has 2 N–H and O–H groups in total. The molecule has 0 unspecified atom stereocenters. The number of nitrogens with one attached hydrogen (secondary N) is 2. The summed E-state index contributed by atoms with van der Waals surface area (Å²) < 4.78 is 31.3. The Kier molecular flexibility index (Phi) is 9.06. The third-order valence-corrected chi connectivity index (χ3v) is 4.72. The molecular formula is C18H23N3O6S. The Hall–Kier alpha value is -2.98. The van der Waals surface area contributed by atoms with E-state index >= 15 is 0 Å². The van der Waals surface area contributed by atoms with Crippen molar-refractivity contribution in [3.05, 3.63) is 49.6 Å². The van der Waals surface area contributed by atoms with E-state index in [1.54, 1.807) is 0 Å². The minimum Gasteiger partial charge on any atom is -0.455 e. The van der Waals surface area contributed by atoms with E-state index in [1.165, 1.54) is 48.2 Å². The van der Waals surface area contributed by atoms with Gasteiger partial charge in [0.1, 0.15) is 6.54 Å². The molecule has 0 fully saturated rings.